The van der Waals surface area contributed by atoms with Crippen molar-refractivity contribution in [2.24, 2.45) is 0 Å². The minimum absolute atomic E-state index is 0.414. The molecule has 1 unspecified atom stereocenters. The van der Waals surface area contributed by atoms with E-state index in [1.54, 1.807) is 18.0 Å². The molecule has 1 atom stereocenters. The standard InChI is InChI=1S/C15H17ClN2S/c1-3-14(17-2)11-6-8-12(9-7-11)19-15-13(16)5-4-10-18-15/h4-10,14,17H,3H2,1-2H3. The molecule has 1 heterocycles. The maximum absolute atomic E-state index is 6.11. The fraction of sp³-hybridized carbons (Fsp3) is 0.267. The molecule has 0 spiro atoms. The fourth-order valence-corrected chi connectivity index (χ4v) is 2.94. The molecule has 1 N–H and O–H groups in total. The van der Waals surface area contributed by atoms with Crippen molar-refractivity contribution in [2.75, 3.05) is 7.05 Å². The zero-order valence-corrected chi connectivity index (χ0v) is 12.6. The Labute approximate surface area is 123 Å². The van der Waals surface area contributed by atoms with Crippen LogP contribution in [0.5, 0.6) is 0 Å². The summed E-state index contributed by atoms with van der Waals surface area (Å²) in [6.07, 6.45) is 2.84. The van der Waals surface area contributed by atoms with Gasteiger partial charge in [0.2, 0.25) is 0 Å². The summed E-state index contributed by atoms with van der Waals surface area (Å²) in [7, 11) is 1.99. The van der Waals surface area contributed by atoms with Gasteiger partial charge >= 0.3 is 0 Å². The summed E-state index contributed by atoms with van der Waals surface area (Å²) in [4.78, 5) is 5.43. The van der Waals surface area contributed by atoms with Gasteiger partial charge < -0.3 is 5.32 Å². The Balaban J connectivity index is 2.13. The maximum atomic E-state index is 6.11. The lowest BCUT2D eigenvalue weighted by Crippen LogP contribution is -2.14. The number of nitrogens with zero attached hydrogens (tertiary/aromatic N) is 1. The molecule has 0 amide bonds. The predicted molar refractivity (Wildman–Crippen MR) is 81.9 cm³/mol. The minimum atomic E-state index is 0.414. The predicted octanol–water partition coefficient (Wildman–Crippen LogP) is 4.56. The molecular weight excluding hydrogens is 276 g/mol. The second kappa shape index (κ2) is 6.94. The molecule has 19 heavy (non-hydrogen) atoms. The van der Waals surface area contributed by atoms with Gasteiger partial charge in [-0.2, -0.15) is 0 Å². The molecule has 0 aliphatic heterocycles. The molecule has 0 aliphatic carbocycles. The van der Waals surface area contributed by atoms with Gasteiger partial charge in [-0.1, -0.05) is 42.4 Å². The van der Waals surface area contributed by atoms with Gasteiger partial charge in [0.05, 0.1) is 5.02 Å². The monoisotopic (exact) mass is 292 g/mol. The number of hydrogen-bond donors (Lipinski definition) is 1. The van der Waals surface area contributed by atoms with Crippen LogP contribution in [0.3, 0.4) is 0 Å². The Morgan fingerprint density at radius 2 is 2.00 bits per heavy atom. The van der Waals surface area contributed by atoms with Crippen LogP contribution < -0.4 is 5.32 Å². The van der Waals surface area contributed by atoms with Crippen molar-refractivity contribution in [1.82, 2.24) is 10.3 Å². The molecule has 1 aromatic heterocycles. The average molecular weight is 293 g/mol. The van der Waals surface area contributed by atoms with E-state index >= 15 is 0 Å². The van der Waals surface area contributed by atoms with E-state index in [0.29, 0.717) is 11.1 Å². The molecule has 0 fully saturated rings. The molecule has 2 rings (SSSR count). The smallest absolute Gasteiger partial charge is 0.119 e. The number of nitrogens with one attached hydrogen (secondary N) is 1. The van der Waals surface area contributed by atoms with Crippen molar-refractivity contribution >= 4 is 23.4 Å². The zero-order chi connectivity index (χ0) is 13.7. The molecule has 4 heteroatoms. The normalized spacial score (nSPS) is 12.4. The summed E-state index contributed by atoms with van der Waals surface area (Å²) in [5.74, 6) is 0. The van der Waals surface area contributed by atoms with Crippen LogP contribution in [0.4, 0.5) is 0 Å². The Bertz CT molecular complexity index is 524. The number of benzene rings is 1. The lowest BCUT2D eigenvalue weighted by molar-refractivity contribution is 0.576. The van der Waals surface area contributed by atoms with E-state index in [1.807, 2.05) is 19.2 Å². The first kappa shape index (κ1) is 14.4. The third-order valence-electron chi connectivity index (χ3n) is 2.98. The van der Waals surface area contributed by atoms with Crippen LogP contribution >= 0.6 is 23.4 Å². The molecule has 0 saturated carbocycles. The van der Waals surface area contributed by atoms with E-state index in [-0.39, 0.29) is 0 Å². The number of pyridine rings is 1. The molecule has 0 aliphatic rings. The van der Waals surface area contributed by atoms with Crippen molar-refractivity contribution in [3.63, 3.8) is 0 Å². The third kappa shape index (κ3) is 3.72. The van der Waals surface area contributed by atoms with Crippen LogP contribution in [-0.2, 0) is 0 Å². The second-order valence-electron chi connectivity index (χ2n) is 4.21. The molecule has 100 valence electrons. The summed E-state index contributed by atoms with van der Waals surface area (Å²) < 4.78 is 0. The Morgan fingerprint density at radius 3 is 2.58 bits per heavy atom. The van der Waals surface area contributed by atoms with Crippen molar-refractivity contribution in [1.29, 1.82) is 0 Å². The van der Waals surface area contributed by atoms with Gasteiger partial charge in [-0.3, -0.25) is 0 Å². The highest BCUT2D eigenvalue weighted by Gasteiger charge is 2.07. The number of rotatable bonds is 5. The summed E-state index contributed by atoms with van der Waals surface area (Å²) in [5, 5.41) is 4.84. The molecule has 0 saturated heterocycles. The minimum Gasteiger partial charge on any atom is -0.313 e. The lowest BCUT2D eigenvalue weighted by atomic mass is 10.1. The molecule has 2 nitrogen and oxygen atoms in total. The fourth-order valence-electron chi connectivity index (χ4n) is 1.93. The zero-order valence-electron chi connectivity index (χ0n) is 11.1. The number of halogens is 1. The Hall–Kier alpha value is -1.03. The lowest BCUT2D eigenvalue weighted by Gasteiger charge is -2.14. The van der Waals surface area contributed by atoms with E-state index in [4.69, 9.17) is 11.6 Å². The number of hydrogen-bond acceptors (Lipinski definition) is 3. The van der Waals surface area contributed by atoms with E-state index in [9.17, 15) is 0 Å². The Morgan fingerprint density at radius 1 is 1.26 bits per heavy atom. The first-order valence-corrected chi connectivity index (χ1v) is 7.49. The summed E-state index contributed by atoms with van der Waals surface area (Å²) in [6, 6.07) is 12.7. The van der Waals surface area contributed by atoms with E-state index < -0.39 is 0 Å². The second-order valence-corrected chi connectivity index (χ2v) is 5.68. The van der Waals surface area contributed by atoms with Crippen molar-refractivity contribution < 1.29 is 0 Å². The van der Waals surface area contributed by atoms with E-state index in [2.05, 4.69) is 41.5 Å². The summed E-state index contributed by atoms with van der Waals surface area (Å²) in [5.41, 5.74) is 1.31. The van der Waals surface area contributed by atoms with Gasteiger partial charge in [0.25, 0.3) is 0 Å². The van der Waals surface area contributed by atoms with Crippen LogP contribution in [0.2, 0.25) is 5.02 Å². The summed E-state index contributed by atoms with van der Waals surface area (Å²) in [6.45, 7) is 2.18. The molecule has 0 bridgehead atoms. The van der Waals surface area contributed by atoms with E-state index in [1.165, 1.54) is 5.56 Å². The Kier molecular flexibility index (Phi) is 5.25. The highest BCUT2D eigenvalue weighted by Crippen LogP contribution is 2.31. The van der Waals surface area contributed by atoms with Crippen LogP contribution in [0.25, 0.3) is 0 Å². The molecular formula is C15H17ClN2S. The van der Waals surface area contributed by atoms with Gasteiger partial charge in [-0.15, -0.1) is 0 Å². The van der Waals surface area contributed by atoms with Crippen molar-refractivity contribution in [2.45, 2.75) is 29.3 Å². The molecule has 2 aromatic rings. The van der Waals surface area contributed by atoms with Crippen LogP contribution in [0.15, 0.2) is 52.5 Å². The highest BCUT2D eigenvalue weighted by molar-refractivity contribution is 7.99. The van der Waals surface area contributed by atoms with Crippen molar-refractivity contribution in [3.8, 4) is 0 Å². The van der Waals surface area contributed by atoms with Gasteiger partial charge in [-0.25, -0.2) is 4.98 Å². The SMILES string of the molecule is CCC(NC)c1ccc(Sc2ncccc2Cl)cc1. The topological polar surface area (TPSA) is 24.9 Å². The molecule has 0 radical (unpaired) electrons. The third-order valence-corrected chi connectivity index (χ3v) is 4.42. The summed E-state index contributed by atoms with van der Waals surface area (Å²) >= 11 is 7.69. The maximum Gasteiger partial charge on any atom is 0.119 e. The largest absolute Gasteiger partial charge is 0.313 e. The van der Waals surface area contributed by atoms with E-state index in [0.717, 1.165) is 16.3 Å². The number of aromatic nitrogens is 1. The first-order valence-electron chi connectivity index (χ1n) is 6.30. The first-order chi connectivity index (χ1) is 9.24. The van der Waals surface area contributed by atoms with Crippen LogP contribution in [0.1, 0.15) is 24.9 Å². The van der Waals surface area contributed by atoms with Crippen molar-refractivity contribution in [3.05, 3.63) is 53.2 Å². The highest BCUT2D eigenvalue weighted by atomic mass is 35.5. The average Bonchev–Trinajstić information content (AvgIpc) is 2.44. The van der Waals surface area contributed by atoms with Gasteiger partial charge in [0.15, 0.2) is 0 Å². The molecule has 1 aromatic carbocycles. The quantitative estimate of drug-likeness (QED) is 0.874. The van der Waals surface area contributed by atoms with Gasteiger partial charge in [0.1, 0.15) is 5.03 Å². The van der Waals surface area contributed by atoms with Crippen LogP contribution in [0, 0.1) is 0 Å². The van der Waals surface area contributed by atoms with Crippen LogP contribution in [-0.4, -0.2) is 12.0 Å². The van der Waals surface area contributed by atoms with Gasteiger partial charge in [-0.05, 0) is 43.3 Å². The van der Waals surface area contributed by atoms with Gasteiger partial charge in [0, 0.05) is 17.1 Å².